The molecule has 0 bridgehead atoms. The van der Waals surface area contributed by atoms with Gasteiger partial charge in [-0.2, -0.15) is 0 Å². The number of carbonyl (C=O) groups excluding carboxylic acids is 1. The molecule has 0 unspecified atom stereocenters. The fraction of sp³-hybridized carbons (Fsp3) is 0.600. The molecule has 0 saturated heterocycles. The van der Waals surface area contributed by atoms with Crippen LogP contribution in [0.1, 0.15) is 61.1 Å². The average Bonchev–Trinajstić information content (AvgIpc) is 3.00. The van der Waals surface area contributed by atoms with Crippen LogP contribution >= 0.6 is 0 Å². The summed E-state index contributed by atoms with van der Waals surface area (Å²) in [7, 11) is 0. The number of pyridine rings is 1. The highest BCUT2D eigenvalue weighted by Gasteiger charge is 2.19. The number of aliphatic hydroxyl groups excluding tert-OH is 1. The normalized spacial score (nSPS) is 15.3. The van der Waals surface area contributed by atoms with Crippen molar-refractivity contribution in [1.82, 2.24) is 14.7 Å². The molecule has 142 valence electrons. The summed E-state index contributed by atoms with van der Waals surface area (Å²) in [5, 5.41) is 11.7. The van der Waals surface area contributed by atoms with E-state index in [-0.39, 0.29) is 12.5 Å². The first-order chi connectivity index (χ1) is 12.7. The van der Waals surface area contributed by atoms with Crippen molar-refractivity contribution in [2.75, 3.05) is 19.8 Å². The van der Waals surface area contributed by atoms with Gasteiger partial charge in [-0.05, 0) is 50.7 Å². The maximum Gasteiger partial charge on any atom is 0.270 e. The first-order valence-corrected chi connectivity index (χ1v) is 9.70. The van der Waals surface area contributed by atoms with Crippen molar-refractivity contribution in [2.45, 2.75) is 51.9 Å². The number of fused-ring (bicyclic) bond motifs is 1. The zero-order chi connectivity index (χ0) is 18.4. The number of carbonyl (C=O) groups is 1. The minimum absolute atomic E-state index is 0.141. The number of aromatic nitrogens is 2. The summed E-state index contributed by atoms with van der Waals surface area (Å²) in [5.41, 5.74) is 1.94. The van der Waals surface area contributed by atoms with E-state index in [0.717, 1.165) is 12.2 Å². The molecule has 3 rings (SSSR count). The van der Waals surface area contributed by atoms with Gasteiger partial charge < -0.3 is 15.2 Å². The summed E-state index contributed by atoms with van der Waals surface area (Å²) in [6.07, 6.45) is 9.69. The molecule has 1 amide bonds. The Bertz CT molecular complexity index is 735. The van der Waals surface area contributed by atoms with Crippen molar-refractivity contribution < 1.29 is 14.6 Å². The average molecular weight is 359 g/mol. The molecule has 6 nitrogen and oxygen atoms in total. The van der Waals surface area contributed by atoms with Crippen molar-refractivity contribution in [1.29, 1.82) is 0 Å². The number of ether oxygens (including phenoxy) is 1. The number of unbranched alkanes of at least 4 members (excludes halogenated alkanes) is 1. The monoisotopic (exact) mass is 359 g/mol. The number of nitrogens with one attached hydrogen (secondary N) is 1. The molecule has 1 aliphatic carbocycles. The lowest BCUT2D eigenvalue weighted by Gasteiger charge is -2.21. The molecule has 2 N–H and O–H groups in total. The quantitative estimate of drug-likeness (QED) is 0.710. The van der Waals surface area contributed by atoms with Crippen molar-refractivity contribution in [3.8, 4) is 5.75 Å². The molecule has 0 atom stereocenters. The van der Waals surface area contributed by atoms with Crippen LogP contribution in [0.5, 0.6) is 5.75 Å². The van der Waals surface area contributed by atoms with Gasteiger partial charge in [-0.3, -0.25) is 9.20 Å². The Hall–Kier alpha value is -2.08. The third-order valence-corrected chi connectivity index (χ3v) is 5.07. The predicted octanol–water partition coefficient (Wildman–Crippen LogP) is 3.10. The number of nitrogens with zero attached hydrogens (tertiary/aromatic N) is 2. The summed E-state index contributed by atoms with van der Waals surface area (Å²) in [6.45, 7) is 3.25. The molecule has 1 saturated carbocycles. The van der Waals surface area contributed by atoms with Gasteiger partial charge in [-0.25, -0.2) is 4.98 Å². The second-order valence-electron chi connectivity index (χ2n) is 7.11. The molecular weight excluding hydrogens is 330 g/mol. The van der Waals surface area contributed by atoms with E-state index in [1.165, 1.54) is 32.1 Å². The topological polar surface area (TPSA) is 75.9 Å². The van der Waals surface area contributed by atoms with Crippen molar-refractivity contribution in [3.05, 3.63) is 29.7 Å². The van der Waals surface area contributed by atoms with Gasteiger partial charge in [-0.15, -0.1) is 0 Å². The van der Waals surface area contributed by atoms with Crippen molar-refractivity contribution >= 4 is 11.6 Å². The third kappa shape index (κ3) is 4.36. The molecule has 26 heavy (non-hydrogen) atoms. The molecule has 0 spiro atoms. The maximum absolute atomic E-state index is 12.5. The van der Waals surface area contributed by atoms with E-state index in [2.05, 4.69) is 10.3 Å². The van der Waals surface area contributed by atoms with Crippen LogP contribution in [0.3, 0.4) is 0 Å². The van der Waals surface area contributed by atoms with Gasteiger partial charge in [0.15, 0.2) is 11.4 Å². The van der Waals surface area contributed by atoms with E-state index in [1.807, 2.05) is 29.7 Å². The fourth-order valence-electron chi connectivity index (χ4n) is 3.63. The van der Waals surface area contributed by atoms with E-state index < -0.39 is 0 Å². The summed E-state index contributed by atoms with van der Waals surface area (Å²) >= 11 is 0. The van der Waals surface area contributed by atoms with Gasteiger partial charge in [0, 0.05) is 19.3 Å². The van der Waals surface area contributed by atoms with Gasteiger partial charge in [0.2, 0.25) is 0 Å². The van der Waals surface area contributed by atoms with Gasteiger partial charge in [0.1, 0.15) is 5.69 Å². The Morgan fingerprint density at radius 2 is 2.15 bits per heavy atom. The number of hydrogen-bond donors (Lipinski definition) is 2. The highest BCUT2D eigenvalue weighted by molar-refractivity contribution is 5.94. The summed E-state index contributed by atoms with van der Waals surface area (Å²) in [6, 6.07) is 3.82. The number of amides is 1. The SMILES string of the molecule is Cc1nc2c(OCC3CCCCC3)cccn2c1C(=O)NCCCCO. The van der Waals surface area contributed by atoms with Crippen LogP contribution in [-0.4, -0.2) is 40.2 Å². The highest BCUT2D eigenvalue weighted by atomic mass is 16.5. The maximum atomic E-state index is 12.5. The molecule has 2 aromatic heterocycles. The Kier molecular flexibility index (Phi) is 6.50. The summed E-state index contributed by atoms with van der Waals surface area (Å²) in [5.74, 6) is 1.22. The van der Waals surface area contributed by atoms with Gasteiger partial charge in [-0.1, -0.05) is 19.3 Å². The standard InChI is InChI=1S/C20H29N3O3/c1-15-18(20(25)21-11-5-6-13-24)23-12-7-10-17(19(23)22-15)26-14-16-8-3-2-4-9-16/h7,10,12,16,24H,2-6,8-9,11,13-14H2,1H3,(H,21,25). The van der Waals surface area contributed by atoms with Crippen LogP contribution in [0.25, 0.3) is 5.65 Å². The molecule has 2 aromatic rings. The fourth-order valence-corrected chi connectivity index (χ4v) is 3.63. The van der Waals surface area contributed by atoms with E-state index in [0.29, 0.717) is 42.5 Å². The first kappa shape index (κ1) is 18.7. The Morgan fingerprint density at radius 1 is 1.35 bits per heavy atom. The lowest BCUT2D eigenvalue weighted by molar-refractivity contribution is 0.0945. The van der Waals surface area contributed by atoms with E-state index >= 15 is 0 Å². The predicted molar refractivity (Wildman–Crippen MR) is 101 cm³/mol. The Labute approximate surface area is 154 Å². The molecule has 6 heteroatoms. The second-order valence-corrected chi connectivity index (χ2v) is 7.11. The summed E-state index contributed by atoms with van der Waals surface area (Å²) in [4.78, 5) is 17.1. The molecule has 0 aliphatic heterocycles. The van der Waals surface area contributed by atoms with E-state index in [4.69, 9.17) is 9.84 Å². The Morgan fingerprint density at radius 3 is 2.92 bits per heavy atom. The number of hydrogen-bond acceptors (Lipinski definition) is 4. The van der Waals surface area contributed by atoms with Gasteiger partial charge in [0.05, 0.1) is 12.3 Å². The van der Waals surface area contributed by atoms with E-state index in [1.54, 1.807) is 0 Å². The van der Waals surface area contributed by atoms with Crippen molar-refractivity contribution in [3.63, 3.8) is 0 Å². The lowest BCUT2D eigenvalue weighted by Crippen LogP contribution is -2.26. The molecule has 2 heterocycles. The Balaban J connectivity index is 1.72. The minimum atomic E-state index is -0.141. The highest BCUT2D eigenvalue weighted by Crippen LogP contribution is 2.27. The van der Waals surface area contributed by atoms with Gasteiger partial charge in [0.25, 0.3) is 5.91 Å². The van der Waals surface area contributed by atoms with Crippen LogP contribution in [0.2, 0.25) is 0 Å². The lowest BCUT2D eigenvalue weighted by atomic mass is 9.90. The molecule has 0 radical (unpaired) electrons. The van der Waals surface area contributed by atoms with Crippen molar-refractivity contribution in [2.24, 2.45) is 5.92 Å². The summed E-state index contributed by atoms with van der Waals surface area (Å²) < 4.78 is 7.89. The van der Waals surface area contributed by atoms with Gasteiger partial charge >= 0.3 is 0 Å². The molecule has 1 aliphatic rings. The van der Waals surface area contributed by atoms with E-state index in [9.17, 15) is 4.79 Å². The second kappa shape index (κ2) is 9.03. The largest absolute Gasteiger partial charge is 0.489 e. The molecular formula is C20H29N3O3. The zero-order valence-corrected chi connectivity index (χ0v) is 15.5. The minimum Gasteiger partial charge on any atom is -0.489 e. The first-order valence-electron chi connectivity index (χ1n) is 9.70. The number of imidazole rings is 1. The molecule has 0 aromatic carbocycles. The van der Waals surface area contributed by atoms with Crippen LogP contribution in [-0.2, 0) is 0 Å². The van der Waals surface area contributed by atoms with Crippen LogP contribution < -0.4 is 10.1 Å². The van der Waals surface area contributed by atoms with Crippen LogP contribution in [0, 0.1) is 12.8 Å². The molecule has 1 fully saturated rings. The van der Waals surface area contributed by atoms with Crippen LogP contribution in [0.4, 0.5) is 0 Å². The number of aryl methyl sites for hydroxylation is 1. The zero-order valence-electron chi connectivity index (χ0n) is 15.5. The number of aliphatic hydroxyl groups is 1. The third-order valence-electron chi connectivity index (χ3n) is 5.07. The van der Waals surface area contributed by atoms with Crippen LogP contribution in [0.15, 0.2) is 18.3 Å². The number of rotatable bonds is 8. The smallest absolute Gasteiger partial charge is 0.270 e.